The maximum Gasteiger partial charge on any atom is 0.265 e. The minimum atomic E-state index is -2.71. The zero-order valence-electron chi connectivity index (χ0n) is 7.96. The Morgan fingerprint density at radius 3 is 2.73 bits per heavy atom. The average Bonchev–Trinajstić information content (AvgIpc) is 2.17. The molecule has 1 atom stereocenters. The molecule has 0 spiro atoms. The third-order valence-corrected chi connectivity index (χ3v) is 2.10. The molecule has 0 amide bonds. The maximum absolute atomic E-state index is 11.9. The van der Waals surface area contributed by atoms with Gasteiger partial charge in [-0.25, -0.2) is 8.78 Å². The molecule has 0 saturated heterocycles. The summed E-state index contributed by atoms with van der Waals surface area (Å²) in [5.74, 6) is 0. The van der Waals surface area contributed by atoms with Gasteiger partial charge in [0.05, 0.1) is 0 Å². The lowest BCUT2D eigenvalue weighted by Gasteiger charge is -2.10. The van der Waals surface area contributed by atoms with Crippen LogP contribution in [0.3, 0.4) is 0 Å². The van der Waals surface area contributed by atoms with E-state index in [0.717, 1.165) is 5.56 Å². The Bertz CT molecular complexity index is 309. The Labute approximate surface area is 91.9 Å². The van der Waals surface area contributed by atoms with Gasteiger partial charge in [-0.15, -0.1) is 0 Å². The minimum Gasteiger partial charge on any atom is -0.386 e. The summed E-state index contributed by atoms with van der Waals surface area (Å²) in [6, 6.07) is 7.08. The number of rotatable bonds is 5. The quantitative estimate of drug-likeness (QED) is 0.819. The van der Waals surface area contributed by atoms with Gasteiger partial charge in [-0.1, -0.05) is 23.7 Å². The molecule has 0 aliphatic carbocycles. The predicted molar refractivity (Wildman–Crippen MR) is 55.2 cm³/mol. The number of aliphatic hydroxyl groups excluding tert-OH is 1. The van der Waals surface area contributed by atoms with Crippen molar-refractivity contribution in [2.75, 3.05) is 6.54 Å². The van der Waals surface area contributed by atoms with E-state index in [4.69, 9.17) is 16.7 Å². The number of hydrogen-bond acceptors (Lipinski definition) is 2. The van der Waals surface area contributed by atoms with E-state index < -0.39 is 12.5 Å². The molecule has 0 bridgehead atoms. The summed E-state index contributed by atoms with van der Waals surface area (Å²) in [6.45, 7) is 0.272. The van der Waals surface area contributed by atoms with Crippen LogP contribution in [-0.4, -0.2) is 24.2 Å². The first-order chi connectivity index (χ1) is 7.09. The summed E-state index contributed by atoms with van der Waals surface area (Å²) in [4.78, 5) is 0. The molecule has 1 aromatic carbocycles. The van der Waals surface area contributed by atoms with Gasteiger partial charge >= 0.3 is 0 Å². The highest BCUT2D eigenvalue weighted by Crippen LogP contribution is 2.10. The van der Waals surface area contributed by atoms with Crippen LogP contribution in [0.2, 0.25) is 5.02 Å². The van der Waals surface area contributed by atoms with Crippen LogP contribution in [0.5, 0.6) is 0 Å². The fourth-order valence-electron chi connectivity index (χ4n) is 1.10. The molecule has 2 nitrogen and oxygen atoms in total. The van der Waals surface area contributed by atoms with E-state index in [1.165, 1.54) is 0 Å². The summed E-state index contributed by atoms with van der Waals surface area (Å²) in [5, 5.41) is 12.1. The van der Waals surface area contributed by atoms with Crippen molar-refractivity contribution in [3.63, 3.8) is 0 Å². The zero-order valence-corrected chi connectivity index (χ0v) is 8.72. The van der Waals surface area contributed by atoms with E-state index >= 15 is 0 Å². The van der Waals surface area contributed by atoms with Crippen molar-refractivity contribution in [3.8, 4) is 0 Å². The predicted octanol–water partition coefficient (Wildman–Crippen LogP) is 2.06. The molecule has 5 heteroatoms. The number of hydrogen-bond donors (Lipinski definition) is 2. The fourth-order valence-corrected chi connectivity index (χ4v) is 1.31. The number of alkyl halides is 2. The fraction of sp³-hybridized carbons (Fsp3) is 0.400. The van der Waals surface area contributed by atoms with Gasteiger partial charge in [0, 0.05) is 18.1 Å². The molecule has 0 aromatic heterocycles. The number of aliphatic hydroxyl groups is 1. The highest BCUT2D eigenvalue weighted by molar-refractivity contribution is 6.30. The van der Waals surface area contributed by atoms with Gasteiger partial charge < -0.3 is 10.4 Å². The van der Waals surface area contributed by atoms with Crippen LogP contribution in [0.4, 0.5) is 8.78 Å². The monoisotopic (exact) mass is 235 g/mol. The van der Waals surface area contributed by atoms with Gasteiger partial charge in [0.15, 0.2) is 0 Å². The Kier molecular flexibility index (Phi) is 4.94. The molecule has 0 saturated carbocycles. The Morgan fingerprint density at radius 1 is 1.40 bits per heavy atom. The van der Waals surface area contributed by atoms with E-state index in [-0.39, 0.29) is 6.54 Å². The molecule has 2 N–H and O–H groups in total. The lowest BCUT2D eigenvalue weighted by Crippen LogP contribution is -2.31. The highest BCUT2D eigenvalue weighted by atomic mass is 35.5. The molecule has 0 fully saturated rings. The van der Waals surface area contributed by atoms with Crippen LogP contribution >= 0.6 is 11.6 Å². The van der Waals surface area contributed by atoms with E-state index in [2.05, 4.69) is 5.32 Å². The first-order valence-corrected chi connectivity index (χ1v) is 4.89. The van der Waals surface area contributed by atoms with Crippen molar-refractivity contribution in [2.24, 2.45) is 0 Å². The van der Waals surface area contributed by atoms with Crippen molar-refractivity contribution < 1.29 is 13.9 Å². The van der Waals surface area contributed by atoms with E-state index in [1.54, 1.807) is 18.2 Å². The van der Waals surface area contributed by atoms with Gasteiger partial charge in [0.25, 0.3) is 6.43 Å². The third-order valence-electron chi connectivity index (χ3n) is 1.86. The third kappa shape index (κ3) is 4.55. The largest absolute Gasteiger partial charge is 0.386 e. The van der Waals surface area contributed by atoms with Crippen molar-refractivity contribution in [2.45, 2.75) is 19.1 Å². The summed E-state index contributed by atoms with van der Waals surface area (Å²) in [5.41, 5.74) is 0.893. The van der Waals surface area contributed by atoms with Crippen LogP contribution in [0, 0.1) is 0 Å². The molecule has 1 unspecified atom stereocenters. The van der Waals surface area contributed by atoms with Crippen molar-refractivity contribution in [1.29, 1.82) is 0 Å². The van der Waals surface area contributed by atoms with Gasteiger partial charge in [-0.3, -0.25) is 0 Å². The van der Waals surface area contributed by atoms with Crippen molar-refractivity contribution in [3.05, 3.63) is 34.9 Å². The average molecular weight is 236 g/mol. The maximum atomic E-state index is 11.9. The standard InChI is InChI=1S/C10H12ClF2NO/c11-8-3-1-2-7(4-8)5-14-6-9(15)10(12)13/h1-4,9-10,14-15H,5-6H2. The normalized spacial score (nSPS) is 13.1. The van der Waals surface area contributed by atoms with Crippen LogP contribution in [0.1, 0.15) is 5.56 Å². The number of benzene rings is 1. The Morgan fingerprint density at radius 2 is 2.13 bits per heavy atom. The highest BCUT2D eigenvalue weighted by Gasteiger charge is 2.15. The van der Waals surface area contributed by atoms with Crippen LogP contribution in [-0.2, 0) is 6.54 Å². The first-order valence-electron chi connectivity index (χ1n) is 4.51. The van der Waals surface area contributed by atoms with Gasteiger partial charge in [-0.2, -0.15) is 0 Å². The molecular weight excluding hydrogens is 224 g/mol. The second-order valence-corrected chi connectivity index (χ2v) is 3.60. The SMILES string of the molecule is OC(CNCc1cccc(Cl)c1)C(F)F. The summed E-state index contributed by atoms with van der Waals surface area (Å²) in [6.07, 6.45) is -4.33. The smallest absolute Gasteiger partial charge is 0.265 e. The summed E-state index contributed by atoms with van der Waals surface area (Å²) < 4.78 is 23.8. The van der Waals surface area contributed by atoms with E-state index in [0.29, 0.717) is 11.6 Å². The molecule has 1 aromatic rings. The number of nitrogens with one attached hydrogen (secondary N) is 1. The molecule has 0 aliphatic rings. The molecule has 84 valence electrons. The lowest BCUT2D eigenvalue weighted by molar-refractivity contribution is -0.00340. The van der Waals surface area contributed by atoms with E-state index in [1.807, 2.05) is 6.07 Å². The second kappa shape index (κ2) is 6.00. The summed E-state index contributed by atoms with van der Waals surface area (Å²) in [7, 11) is 0. The molecule has 0 heterocycles. The molecular formula is C10H12ClF2NO. The first kappa shape index (κ1) is 12.4. The minimum absolute atomic E-state index is 0.135. The Balaban J connectivity index is 2.32. The summed E-state index contributed by atoms with van der Waals surface area (Å²) >= 11 is 5.74. The van der Waals surface area contributed by atoms with Crippen LogP contribution in [0.25, 0.3) is 0 Å². The van der Waals surface area contributed by atoms with Crippen LogP contribution in [0.15, 0.2) is 24.3 Å². The Hall–Kier alpha value is -0.710. The number of halogens is 3. The lowest BCUT2D eigenvalue weighted by atomic mass is 10.2. The molecule has 1 rings (SSSR count). The van der Waals surface area contributed by atoms with E-state index in [9.17, 15) is 8.78 Å². The van der Waals surface area contributed by atoms with Crippen molar-refractivity contribution in [1.82, 2.24) is 5.32 Å². The molecule has 15 heavy (non-hydrogen) atoms. The second-order valence-electron chi connectivity index (χ2n) is 3.16. The van der Waals surface area contributed by atoms with Crippen LogP contribution < -0.4 is 5.32 Å². The topological polar surface area (TPSA) is 32.3 Å². The zero-order chi connectivity index (χ0) is 11.3. The van der Waals surface area contributed by atoms with Gasteiger partial charge in [0.2, 0.25) is 0 Å². The molecule has 0 aliphatic heterocycles. The van der Waals surface area contributed by atoms with Gasteiger partial charge in [-0.05, 0) is 17.7 Å². The van der Waals surface area contributed by atoms with Gasteiger partial charge in [0.1, 0.15) is 6.10 Å². The molecule has 0 radical (unpaired) electrons. The van der Waals surface area contributed by atoms with Crippen molar-refractivity contribution >= 4 is 11.6 Å².